The number of alkyl halides is 3. The number of rotatable bonds is 5. The van der Waals surface area contributed by atoms with E-state index in [1.165, 1.54) is 0 Å². The van der Waals surface area contributed by atoms with Crippen LogP contribution in [0.3, 0.4) is 0 Å². The van der Waals surface area contributed by atoms with Gasteiger partial charge in [-0.1, -0.05) is 15.9 Å². The molecule has 122 valence electrons. The maximum atomic E-state index is 12.5. The van der Waals surface area contributed by atoms with Crippen LogP contribution in [0.5, 0.6) is 0 Å². The molecule has 0 aliphatic rings. The van der Waals surface area contributed by atoms with Crippen molar-refractivity contribution >= 4 is 33.5 Å². The highest BCUT2D eigenvalue weighted by molar-refractivity contribution is 9.10. The molecule has 23 heavy (non-hydrogen) atoms. The van der Waals surface area contributed by atoms with Gasteiger partial charge in [0.05, 0.1) is 0 Å². The van der Waals surface area contributed by atoms with Crippen LogP contribution in [0.1, 0.15) is 12.1 Å². The number of anilines is 2. The summed E-state index contributed by atoms with van der Waals surface area (Å²) in [6.45, 7) is 0.115. The molecular weight excluding hydrogens is 377 g/mol. The first-order valence-corrected chi connectivity index (χ1v) is 7.33. The fourth-order valence-electron chi connectivity index (χ4n) is 1.65. The van der Waals surface area contributed by atoms with Gasteiger partial charge in [0.2, 0.25) is 11.9 Å². The first kappa shape index (κ1) is 17.2. The molecule has 5 nitrogen and oxygen atoms in total. The number of hydrogen-bond acceptors (Lipinski definition) is 4. The van der Waals surface area contributed by atoms with Gasteiger partial charge in [0.25, 0.3) is 0 Å². The van der Waals surface area contributed by atoms with Crippen molar-refractivity contribution in [3.8, 4) is 0 Å². The molecule has 2 aromatic rings. The van der Waals surface area contributed by atoms with E-state index >= 15 is 0 Å². The molecule has 0 atom stereocenters. The average molecular weight is 389 g/mol. The Hall–Kier alpha value is -2.16. The molecule has 9 heteroatoms. The van der Waals surface area contributed by atoms with Crippen LogP contribution in [0.25, 0.3) is 0 Å². The van der Waals surface area contributed by atoms with Gasteiger partial charge in [0, 0.05) is 29.3 Å². The molecule has 1 amide bonds. The van der Waals surface area contributed by atoms with Crippen molar-refractivity contribution in [2.75, 3.05) is 17.2 Å². The van der Waals surface area contributed by atoms with E-state index in [-0.39, 0.29) is 24.8 Å². The summed E-state index contributed by atoms with van der Waals surface area (Å²) in [5.74, 6) is -0.442. The van der Waals surface area contributed by atoms with E-state index in [0.29, 0.717) is 5.69 Å². The lowest BCUT2D eigenvalue weighted by molar-refractivity contribution is -0.141. The summed E-state index contributed by atoms with van der Waals surface area (Å²) in [6.07, 6.45) is -3.45. The number of benzene rings is 1. The maximum Gasteiger partial charge on any atom is 0.433 e. The Morgan fingerprint density at radius 3 is 2.52 bits per heavy atom. The van der Waals surface area contributed by atoms with E-state index in [2.05, 4.69) is 36.5 Å². The number of halogens is 4. The molecule has 0 spiro atoms. The van der Waals surface area contributed by atoms with Crippen molar-refractivity contribution in [2.45, 2.75) is 12.6 Å². The highest BCUT2D eigenvalue weighted by atomic mass is 79.9. The standard InChI is InChI=1S/C14H12BrF3N4O/c15-9-1-3-10(4-2-9)21-12(23)6-8-20-13-19-7-5-11(22-13)14(16,17)18/h1-5,7H,6,8H2,(H,21,23)(H,19,20,22). The lowest BCUT2D eigenvalue weighted by Gasteiger charge is -2.09. The number of nitrogens with zero attached hydrogens (tertiary/aromatic N) is 2. The van der Waals surface area contributed by atoms with Crippen molar-refractivity contribution < 1.29 is 18.0 Å². The van der Waals surface area contributed by atoms with Gasteiger partial charge in [0.1, 0.15) is 5.69 Å². The molecule has 2 rings (SSSR count). The number of hydrogen-bond donors (Lipinski definition) is 2. The summed E-state index contributed by atoms with van der Waals surface area (Å²) in [5, 5.41) is 5.26. The lowest BCUT2D eigenvalue weighted by Crippen LogP contribution is -2.17. The van der Waals surface area contributed by atoms with Crippen LogP contribution in [0.2, 0.25) is 0 Å². The summed E-state index contributed by atoms with van der Waals surface area (Å²) in [4.78, 5) is 18.8. The Morgan fingerprint density at radius 2 is 1.87 bits per heavy atom. The van der Waals surface area contributed by atoms with Crippen molar-refractivity contribution in [3.63, 3.8) is 0 Å². The topological polar surface area (TPSA) is 66.9 Å². The van der Waals surface area contributed by atoms with E-state index in [1.807, 2.05) is 0 Å². The second-order valence-corrected chi connectivity index (χ2v) is 5.41. The first-order chi connectivity index (χ1) is 10.8. The van der Waals surface area contributed by atoms with Crippen LogP contribution in [0.4, 0.5) is 24.8 Å². The monoisotopic (exact) mass is 388 g/mol. The van der Waals surface area contributed by atoms with Gasteiger partial charge in [-0.3, -0.25) is 4.79 Å². The van der Waals surface area contributed by atoms with Crippen LogP contribution in [-0.2, 0) is 11.0 Å². The SMILES string of the molecule is O=C(CCNc1nccc(C(F)(F)F)n1)Nc1ccc(Br)cc1. The smallest absolute Gasteiger partial charge is 0.354 e. The first-order valence-electron chi connectivity index (χ1n) is 6.54. The number of aromatic nitrogens is 2. The number of nitrogens with one attached hydrogen (secondary N) is 2. The van der Waals surface area contributed by atoms with Crippen LogP contribution < -0.4 is 10.6 Å². The van der Waals surface area contributed by atoms with E-state index in [0.717, 1.165) is 16.7 Å². The molecule has 1 heterocycles. The third-order valence-electron chi connectivity index (χ3n) is 2.71. The summed E-state index contributed by atoms with van der Waals surface area (Å²) in [5.41, 5.74) is -0.400. The van der Waals surface area contributed by atoms with Gasteiger partial charge in [0.15, 0.2) is 0 Å². The Morgan fingerprint density at radius 1 is 1.17 bits per heavy atom. The highest BCUT2D eigenvalue weighted by Crippen LogP contribution is 2.27. The quantitative estimate of drug-likeness (QED) is 0.819. The summed E-state index contributed by atoms with van der Waals surface area (Å²) in [7, 11) is 0. The Kier molecular flexibility index (Phi) is 5.54. The average Bonchev–Trinajstić information content (AvgIpc) is 2.49. The lowest BCUT2D eigenvalue weighted by atomic mass is 10.3. The fourth-order valence-corrected chi connectivity index (χ4v) is 1.91. The van der Waals surface area contributed by atoms with Crippen LogP contribution in [0.15, 0.2) is 41.0 Å². The van der Waals surface area contributed by atoms with E-state index in [1.54, 1.807) is 24.3 Å². The molecule has 0 aliphatic carbocycles. The highest BCUT2D eigenvalue weighted by Gasteiger charge is 2.32. The Bertz CT molecular complexity index is 676. The second kappa shape index (κ2) is 7.40. The predicted octanol–water partition coefficient (Wildman–Crippen LogP) is 3.70. The van der Waals surface area contributed by atoms with Gasteiger partial charge in [-0.15, -0.1) is 0 Å². The molecule has 0 radical (unpaired) electrons. The van der Waals surface area contributed by atoms with Crippen molar-refractivity contribution in [3.05, 3.63) is 46.7 Å². The molecular formula is C14H12BrF3N4O. The van der Waals surface area contributed by atoms with E-state index < -0.39 is 11.9 Å². The molecule has 1 aromatic carbocycles. The largest absolute Gasteiger partial charge is 0.433 e. The van der Waals surface area contributed by atoms with Gasteiger partial charge < -0.3 is 10.6 Å². The Balaban J connectivity index is 1.82. The summed E-state index contributed by atoms with van der Waals surface area (Å²) < 4.78 is 38.4. The van der Waals surface area contributed by atoms with Gasteiger partial charge >= 0.3 is 6.18 Å². The van der Waals surface area contributed by atoms with Crippen molar-refractivity contribution in [1.82, 2.24) is 9.97 Å². The van der Waals surface area contributed by atoms with Crippen LogP contribution in [-0.4, -0.2) is 22.4 Å². The van der Waals surface area contributed by atoms with Crippen LogP contribution in [0, 0.1) is 0 Å². The van der Waals surface area contributed by atoms with Gasteiger partial charge in [-0.05, 0) is 30.3 Å². The minimum Gasteiger partial charge on any atom is -0.354 e. The fraction of sp³-hybridized carbons (Fsp3) is 0.214. The van der Waals surface area contributed by atoms with Crippen LogP contribution >= 0.6 is 15.9 Å². The van der Waals surface area contributed by atoms with Crippen molar-refractivity contribution in [2.24, 2.45) is 0 Å². The zero-order valence-corrected chi connectivity index (χ0v) is 13.3. The molecule has 0 unspecified atom stereocenters. The minimum absolute atomic E-state index is 0.0651. The number of amides is 1. The maximum absolute atomic E-state index is 12.5. The summed E-state index contributed by atoms with van der Waals surface area (Å²) in [6, 6.07) is 7.80. The predicted molar refractivity (Wildman–Crippen MR) is 82.9 cm³/mol. The molecule has 2 N–H and O–H groups in total. The van der Waals surface area contributed by atoms with E-state index in [4.69, 9.17) is 0 Å². The molecule has 0 aliphatic heterocycles. The third kappa shape index (κ3) is 5.51. The Labute approximate surface area is 138 Å². The zero-order valence-electron chi connectivity index (χ0n) is 11.7. The third-order valence-corrected chi connectivity index (χ3v) is 3.24. The minimum atomic E-state index is -4.53. The normalized spacial score (nSPS) is 11.1. The molecule has 0 fully saturated rings. The van der Waals surface area contributed by atoms with Gasteiger partial charge in [-0.25, -0.2) is 9.97 Å². The molecule has 0 bridgehead atoms. The van der Waals surface area contributed by atoms with Crippen molar-refractivity contribution in [1.29, 1.82) is 0 Å². The second-order valence-electron chi connectivity index (χ2n) is 4.50. The zero-order chi connectivity index (χ0) is 16.9. The number of carbonyl (C=O) groups excluding carboxylic acids is 1. The molecule has 1 aromatic heterocycles. The molecule has 0 saturated carbocycles. The summed E-state index contributed by atoms with van der Waals surface area (Å²) >= 11 is 3.28. The van der Waals surface area contributed by atoms with E-state index in [9.17, 15) is 18.0 Å². The molecule has 0 saturated heterocycles. The number of carbonyl (C=O) groups is 1. The van der Waals surface area contributed by atoms with Gasteiger partial charge in [-0.2, -0.15) is 13.2 Å².